The molecule has 0 spiro atoms. The third-order valence-corrected chi connectivity index (χ3v) is 5.82. The van der Waals surface area contributed by atoms with Gasteiger partial charge in [-0.05, 0) is 57.0 Å². The van der Waals surface area contributed by atoms with Crippen LogP contribution < -0.4 is 5.32 Å². The van der Waals surface area contributed by atoms with Gasteiger partial charge in [0, 0.05) is 29.5 Å². The molecule has 1 N–H and O–H groups in total. The van der Waals surface area contributed by atoms with Crippen molar-refractivity contribution < 1.29 is 0 Å². The van der Waals surface area contributed by atoms with Crippen LogP contribution in [0.5, 0.6) is 0 Å². The summed E-state index contributed by atoms with van der Waals surface area (Å²) < 4.78 is 0. The topological polar surface area (TPSA) is 15.3 Å². The maximum Gasteiger partial charge on any atom is 0.0120 e. The number of hydrogen-bond donors (Lipinski definition) is 1. The molecule has 1 fully saturated rings. The van der Waals surface area contributed by atoms with E-state index in [1.807, 2.05) is 11.3 Å². The molecule has 0 bridgehead atoms. The van der Waals surface area contributed by atoms with Crippen LogP contribution in [0.4, 0.5) is 0 Å². The number of piperidine rings is 1. The largest absolute Gasteiger partial charge is 0.314 e. The predicted molar refractivity (Wildman–Crippen MR) is 89.5 cm³/mol. The Morgan fingerprint density at radius 2 is 2.25 bits per heavy atom. The van der Waals surface area contributed by atoms with Crippen molar-refractivity contribution in [1.82, 2.24) is 10.2 Å². The van der Waals surface area contributed by atoms with Crippen molar-refractivity contribution >= 4 is 11.3 Å². The summed E-state index contributed by atoms with van der Waals surface area (Å²) in [5.41, 5.74) is 0. The van der Waals surface area contributed by atoms with E-state index in [4.69, 9.17) is 0 Å². The zero-order valence-electron chi connectivity index (χ0n) is 13.4. The van der Waals surface area contributed by atoms with Crippen molar-refractivity contribution in [3.8, 4) is 0 Å². The van der Waals surface area contributed by atoms with Gasteiger partial charge < -0.3 is 5.32 Å². The van der Waals surface area contributed by atoms with E-state index in [1.54, 1.807) is 0 Å². The van der Waals surface area contributed by atoms with Crippen LogP contribution in [0.1, 0.15) is 45.4 Å². The first kappa shape index (κ1) is 16.0. The Kier molecular flexibility index (Phi) is 6.06. The summed E-state index contributed by atoms with van der Waals surface area (Å²) in [5, 5.41) is 5.92. The lowest BCUT2D eigenvalue weighted by Crippen LogP contribution is -2.56. The van der Waals surface area contributed by atoms with Crippen molar-refractivity contribution in [3.05, 3.63) is 22.4 Å². The summed E-state index contributed by atoms with van der Waals surface area (Å²) in [6.07, 6.45) is 3.72. The first-order chi connectivity index (χ1) is 9.63. The van der Waals surface area contributed by atoms with E-state index in [0.29, 0.717) is 18.1 Å². The van der Waals surface area contributed by atoms with Crippen LogP contribution in [0.25, 0.3) is 0 Å². The third-order valence-electron chi connectivity index (χ3n) is 4.92. The van der Waals surface area contributed by atoms with Crippen molar-refractivity contribution in [2.75, 3.05) is 13.1 Å². The first-order valence-corrected chi connectivity index (χ1v) is 9.03. The van der Waals surface area contributed by atoms with Gasteiger partial charge in [0.1, 0.15) is 0 Å². The van der Waals surface area contributed by atoms with Gasteiger partial charge in [-0.1, -0.05) is 19.9 Å². The predicted octanol–water partition coefficient (Wildman–Crippen LogP) is 3.78. The Bertz CT molecular complexity index is 376. The summed E-state index contributed by atoms with van der Waals surface area (Å²) in [6, 6.07) is 6.46. The fourth-order valence-corrected chi connectivity index (χ4v) is 4.30. The molecule has 3 heteroatoms. The molecule has 2 heterocycles. The lowest BCUT2D eigenvalue weighted by molar-refractivity contribution is 0.0532. The van der Waals surface area contributed by atoms with Gasteiger partial charge in [0.05, 0.1) is 0 Å². The quantitative estimate of drug-likeness (QED) is 0.859. The highest BCUT2D eigenvalue weighted by Gasteiger charge is 2.34. The molecule has 1 saturated heterocycles. The highest BCUT2D eigenvalue weighted by atomic mass is 32.1. The van der Waals surface area contributed by atoms with Gasteiger partial charge in [-0.15, -0.1) is 11.3 Å². The molecule has 0 saturated carbocycles. The number of hydrogen-bond acceptors (Lipinski definition) is 3. The second-order valence-electron chi connectivity index (χ2n) is 6.32. The summed E-state index contributed by atoms with van der Waals surface area (Å²) >= 11 is 1.89. The van der Waals surface area contributed by atoms with Crippen molar-refractivity contribution in [2.45, 2.75) is 65.1 Å². The summed E-state index contributed by atoms with van der Waals surface area (Å²) in [4.78, 5) is 4.23. The Labute approximate surface area is 128 Å². The number of nitrogens with zero attached hydrogens (tertiary/aromatic N) is 1. The fraction of sp³-hybridized carbons (Fsp3) is 0.765. The van der Waals surface area contributed by atoms with Gasteiger partial charge in [0.15, 0.2) is 0 Å². The monoisotopic (exact) mass is 294 g/mol. The minimum Gasteiger partial charge on any atom is -0.314 e. The molecule has 1 aromatic heterocycles. The summed E-state index contributed by atoms with van der Waals surface area (Å²) in [5.74, 6) is 0.737. The molecule has 0 aromatic carbocycles. The molecule has 4 atom stereocenters. The number of nitrogens with one attached hydrogen (secondary N) is 1. The molecule has 1 aromatic rings. The van der Waals surface area contributed by atoms with Crippen molar-refractivity contribution in [1.29, 1.82) is 0 Å². The summed E-state index contributed by atoms with van der Waals surface area (Å²) in [7, 11) is 0. The Hall–Kier alpha value is -0.380. The minimum atomic E-state index is 0.651. The molecule has 2 rings (SSSR count). The zero-order valence-corrected chi connectivity index (χ0v) is 14.2. The van der Waals surface area contributed by atoms with Crippen LogP contribution in [0.3, 0.4) is 0 Å². The van der Waals surface area contributed by atoms with E-state index < -0.39 is 0 Å². The molecule has 114 valence electrons. The van der Waals surface area contributed by atoms with Gasteiger partial charge in [0.2, 0.25) is 0 Å². The zero-order chi connectivity index (χ0) is 14.5. The van der Waals surface area contributed by atoms with Gasteiger partial charge >= 0.3 is 0 Å². The van der Waals surface area contributed by atoms with E-state index in [-0.39, 0.29) is 0 Å². The molecule has 0 radical (unpaired) electrons. The molecular formula is C17H30N2S. The SMILES string of the molecule is CCCNC1CCN(C(C)Cc2cccs2)C(C)C1C. The van der Waals surface area contributed by atoms with Gasteiger partial charge in [-0.25, -0.2) is 0 Å². The van der Waals surface area contributed by atoms with Crippen LogP contribution in [0, 0.1) is 5.92 Å². The Balaban J connectivity index is 1.90. The molecule has 4 unspecified atom stereocenters. The van der Waals surface area contributed by atoms with E-state index in [1.165, 1.54) is 30.7 Å². The van der Waals surface area contributed by atoms with Crippen LogP contribution in [0.15, 0.2) is 17.5 Å². The first-order valence-electron chi connectivity index (χ1n) is 8.15. The maximum absolute atomic E-state index is 3.73. The van der Waals surface area contributed by atoms with E-state index >= 15 is 0 Å². The highest BCUT2D eigenvalue weighted by Crippen LogP contribution is 2.27. The fourth-order valence-electron chi connectivity index (χ4n) is 3.47. The molecular weight excluding hydrogens is 264 g/mol. The molecule has 2 nitrogen and oxygen atoms in total. The maximum atomic E-state index is 3.73. The number of thiophene rings is 1. The second kappa shape index (κ2) is 7.58. The Morgan fingerprint density at radius 1 is 1.45 bits per heavy atom. The Morgan fingerprint density at radius 3 is 2.90 bits per heavy atom. The molecule has 1 aliphatic heterocycles. The van der Waals surface area contributed by atoms with E-state index in [2.05, 4.69) is 55.4 Å². The number of rotatable bonds is 6. The number of likely N-dealkylation sites (tertiary alicyclic amines) is 1. The molecule has 0 aliphatic carbocycles. The molecule has 1 aliphatic rings. The van der Waals surface area contributed by atoms with Gasteiger partial charge in [-0.3, -0.25) is 4.90 Å². The van der Waals surface area contributed by atoms with E-state index in [9.17, 15) is 0 Å². The lowest BCUT2D eigenvalue weighted by atomic mass is 9.85. The smallest absolute Gasteiger partial charge is 0.0120 e. The average molecular weight is 295 g/mol. The standard InChI is InChI=1S/C17H30N2S/c1-5-9-18-17-8-10-19(15(4)14(17)3)13(2)12-16-7-6-11-20-16/h6-7,11,13-15,17-18H,5,8-10,12H2,1-4H3. The van der Waals surface area contributed by atoms with Gasteiger partial charge in [0.25, 0.3) is 0 Å². The van der Waals surface area contributed by atoms with Crippen LogP contribution in [0.2, 0.25) is 0 Å². The molecule has 20 heavy (non-hydrogen) atoms. The normalized spacial score (nSPS) is 29.5. The van der Waals surface area contributed by atoms with E-state index in [0.717, 1.165) is 12.5 Å². The van der Waals surface area contributed by atoms with Crippen molar-refractivity contribution in [2.24, 2.45) is 5.92 Å². The molecule has 0 amide bonds. The summed E-state index contributed by atoms with van der Waals surface area (Å²) in [6.45, 7) is 11.9. The van der Waals surface area contributed by atoms with Crippen LogP contribution in [-0.2, 0) is 6.42 Å². The minimum absolute atomic E-state index is 0.651. The average Bonchev–Trinajstić information content (AvgIpc) is 2.93. The highest BCUT2D eigenvalue weighted by molar-refractivity contribution is 7.09. The third kappa shape index (κ3) is 3.84. The lowest BCUT2D eigenvalue weighted by Gasteiger charge is -2.46. The van der Waals surface area contributed by atoms with Crippen LogP contribution >= 0.6 is 11.3 Å². The van der Waals surface area contributed by atoms with Crippen LogP contribution in [-0.4, -0.2) is 36.1 Å². The van der Waals surface area contributed by atoms with Gasteiger partial charge in [-0.2, -0.15) is 0 Å². The van der Waals surface area contributed by atoms with Crippen molar-refractivity contribution in [3.63, 3.8) is 0 Å². The second-order valence-corrected chi connectivity index (χ2v) is 7.35.